The number of carbonyl (C=O) groups is 2. The summed E-state index contributed by atoms with van der Waals surface area (Å²) in [5.74, 6) is 0.176. The number of rotatable bonds is 12. The van der Waals surface area contributed by atoms with Gasteiger partial charge in [0, 0.05) is 36.5 Å². The number of ether oxygens (including phenoxy) is 3. The molecule has 5 atom stereocenters. The van der Waals surface area contributed by atoms with Gasteiger partial charge in [-0.25, -0.2) is 4.79 Å². The zero-order valence-corrected chi connectivity index (χ0v) is 30.6. The maximum Gasteiger partial charge on any atom is 0.414 e. The third-order valence-corrected chi connectivity index (χ3v) is 15.5. The molecule has 3 aliphatic heterocycles. The Morgan fingerprint density at radius 3 is 2.55 bits per heavy atom. The lowest BCUT2D eigenvalue weighted by Crippen LogP contribution is -2.52. The number of hydrogen-bond donors (Lipinski definition) is 1. The summed E-state index contributed by atoms with van der Waals surface area (Å²) in [6.45, 7) is 12.3. The molecule has 4 heterocycles. The van der Waals surface area contributed by atoms with E-state index in [4.69, 9.17) is 14.2 Å². The van der Waals surface area contributed by atoms with E-state index in [1.807, 2.05) is 71.5 Å². The number of aliphatic hydroxyl groups excluding tert-OH is 1. The Morgan fingerprint density at radius 2 is 1.88 bits per heavy atom. The van der Waals surface area contributed by atoms with Crippen LogP contribution in [0, 0.1) is 5.92 Å². The number of nitrogens with zero attached hydrogens (tertiary/aromatic N) is 5. The molecule has 4 aromatic rings. The van der Waals surface area contributed by atoms with Gasteiger partial charge in [-0.1, -0.05) is 79.0 Å². The van der Waals surface area contributed by atoms with Crippen LogP contribution in [0.5, 0.6) is 5.75 Å². The third-order valence-electron chi connectivity index (χ3n) is 11.1. The molecular weight excluding hydrogens is 663 g/mol. The van der Waals surface area contributed by atoms with Gasteiger partial charge in [0.25, 0.3) is 5.91 Å². The molecule has 1 unspecified atom stereocenters. The lowest BCUT2D eigenvalue weighted by molar-refractivity contribution is -0.145. The predicted molar refractivity (Wildman–Crippen MR) is 197 cm³/mol. The van der Waals surface area contributed by atoms with Crippen molar-refractivity contribution in [3.05, 3.63) is 108 Å². The Bertz CT molecular complexity index is 1920. The van der Waals surface area contributed by atoms with Gasteiger partial charge in [-0.05, 0) is 47.9 Å². The van der Waals surface area contributed by atoms with Crippen LogP contribution in [-0.2, 0) is 26.4 Å². The average molecular weight is 708 g/mol. The molecule has 0 saturated carbocycles. The van der Waals surface area contributed by atoms with E-state index < -0.39 is 19.8 Å². The minimum absolute atomic E-state index is 0.0179. The molecule has 0 radical (unpaired) electrons. The minimum Gasteiger partial charge on any atom is -0.497 e. The molecular formula is C39H45N5O6Si. The monoisotopic (exact) mass is 707 g/mol. The van der Waals surface area contributed by atoms with Crippen molar-refractivity contribution in [3.8, 4) is 5.75 Å². The molecule has 2 amide bonds. The topological polar surface area (TPSA) is 119 Å². The zero-order chi connectivity index (χ0) is 35.9. The highest BCUT2D eigenvalue weighted by Gasteiger charge is 2.66. The number of amides is 2. The molecule has 1 spiro atoms. The highest BCUT2D eigenvalue weighted by atomic mass is 28.3. The first kappa shape index (κ1) is 34.7. The summed E-state index contributed by atoms with van der Waals surface area (Å²) >= 11 is 0. The first-order chi connectivity index (χ1) is 24.6. The summed E-state index contributed by atoms with van der Waals surface area (Å²) in [5.41, 5.74) is 2.62. The van der Waals surface area contributed by atoms with Crippen LogP contribution in [-0.4, -0.2) is 79.7 Å². The van der Waals surface area contributed by atoms with E-state index in [9.17, 15) is 14.7 Å². The maximum absolute atomic E-state index is 14.8. The van der Waals surface area contributed by atoms with Crippen LogP contribution in [0.25, 0.3) is 0 Å². The second-order valence-corrected chi connectivity index (χ2v) is 18.9. The van der Waals surface area contributed by atoms with Gasteiger partial charge in [0.1, 0.15) is 12.4 Å². The smallest absolute Gasteiger partial charge is 0.414 e. The summed E-state index contributed by atoms with van der Waals surface area (Å²) in [5, 5.41) is 20.4. The standard InChI is InChI=1S/C39H45N5O6Si/c1-6-19-44-34-17-12-28(43-21-22-49-38(43)47)23-32(34)39(37(44)46)26(2)36(51(4,5)30-15-13-29(48-3)14-16-30)35(50-39)18-20-42-24-33(40-41-42)31(25-45)27-10-8-7-9-11-27/h6-17,23-24,26,31,35-36,45H,1,18-22,25H2,2-5H3/t26-,31?,35+,36-,39+/m1/s1. The molecule has 2 saturated heterocycles. The highest BCUT2D eigenvalue weighted by Crippen LogP contribution is 2.60. The number of anilines is 2. The largest absolute Gasteiger partial charge is 0.497 e. The fraction of sp³-hybridized carbons (Fsp3) is 0.385. The van der Waals surface area contributed by atoms with Gasteiger partial charge >= 0.3 is 6.09 Å². The molecule has 0 aliphatic carbocycles. The van der Waals surface area contributed by atoms with Crippen molar-refractivity contribution in [1.29, 1.82) is 0 Å². The number of carbonyl (C=O) groups excluding carboxylic acids is 2. The SMILES string of the molecule is C=CCN1C(=O)[C@@]2(O[C@@H](CCn3cc(C(CO)c4ccccc4)nn3)[C@H]([Si](C)(C)c3ccc(OC)cc3)[C@H]2C)c2cc(N3CCOC3=O)ccc21. The number of benzene rings is 3. The molecule has 3 aromatic carbocycles. The van der Waals surface area contributed by atoms with Crippen molar-refractivity contribution in [3.63, 3.8) is 0 Å². The average Bonchev–Trinajstić information content (AvgIpc) is 3.91. The third kappa shape index (κ3) is 5.84. The summed E-state index contributed by atoms with van der Waals surface area (Å²) in [7, 11) is -0.715. The van der Waals surface area contributed by atoms with Crippen molar-refractivity contribution < 1.29 is 28.9 Å². The first-order valence-corrected chi connectivity index (χ1v) is 20.6. The molecule has 266 valence electrons. The Labute approximate surface area is 299 Å². The lowest BCUT2D eigenvalue weighted by atomic mass is 9.82. The molecule has 1 N–H and O–H groups in total. The summed E-state index contributed by atoms with van der Waals surface area (Å²) < 4.78 is 19.8. The number of fused-ring (bicyclic) bond motifs is 2. The minimum atomic E-state index is -2.38. The number of cyclic esters (lactones) is 1. The first-order valence-electron chi connectivity index (χ1n) is 17.5. The maximum atomic E-state index is 14.8. The van der Waals surface area contributed by atoms with Gasteiger partial charge in [-0.2, -0.15) is 0 Å². The number of aryl methyl sites for hydroxylation is 1. The molecule has 1 aromatic heterocycles. The quantitative estimate of drug-likeness (QED) is 0.158. The van der Waals surface area contributed by atoms with Crippen molar-refractivity contribution in [2.45, 2.75) is 56.1 Å². The molecule has 0 bridgehead atoms. The van der Waals surface area contributed by atoms with Gasteiger partial charge in [0.2, 0.25) is 0 Å². The second-order valence-electron chi connectivity index (χ2n) is 14.2. The van der Waals surface area contributed by atoms with Crippen LogP contribution >= 0.6 is 0 Å². The van der Waals surface area contributed by atoms with Crippen molar-refractivity contribution in [2.24, 2.45) is 5.92 Å². The van der Waals surface area contributed by atoms with Gasteiger partial charge in [-0.3, -0.25) is 14.4 Å². The summed E-state index contributed by atoms with van der Waals surface area (Å²) in [4.78, 5) is 30.8. The number of aliphatic hydroxyl groups is 1. The fourth-order valence-electron chi connectivity index (χ4n) is 8.57. The zero-order valence-electron chi connectivity index (χ0n) is 29.6. The van der Waals surface area contributed by atoms with E-state index in [0.29, 0.717) is 44.0 Å². The van der Waals surface area contributed by atoms with E-state index in [1.165, 1.54) is 5.19 Å². The number of aromatic nitrogens is 3. The summed E-state index contributed by atoms with van der Waals surface area (Å²) in [6.07, 6.45) is 3.51. The molecule has 3 aliphatic rings. The van der Waals surface area contributed by atoms with Crippen LogP contribution in [0.2, 0.25) is 18.6 Å². The van der Waals surface area contributed by atoms with Gasteiger partial charge in [0.05, 0.1) is 51.7 Å². The van der Waals surface area contributed by atoms with E-state index >= 15 is 0 Å². The highest BCUT2D eigenvalue weighted by molar-refractivity contribution is 6.91. The van der Waals surface area contributed by atoms with Crippen molar-refractivity contribution in [1.82, 2.24) is 15.0 Å². The molecule has 12 heteroatoms. The second kappa shape index (κ2) is 13.7. The summed E-state index contributed by atoms with van der Waals surface area (Å²) in [6, 6.07) is 23.8. The van der Waals surface area contributed by atoms with Gasteiger partial charge in [0.15, 0.2) is 5.60 Å². The van der Waals surface area contributed by atoms with Crippen LogP contribution < -0.4 is 19.7 Å². The Balaban J connectivity index is 1.27. The Kier molecular flexibility index (Phi) is 9.34. The predicted octanol–water partition coefficient (Wildman–Crippen LogP) is 5.21. The van der Waals surface area contributed by atoms with Crippen LogP contribution in [0.4, 0.5) is 16.2 Å². The van der Waals surface area contributed by atoms with Crippen LogP contribution in [0.1, 0.15) is 36.1 Å². The Morgan fingerprint density at radius 1 is 1.12 bits per heavy atom. The normalized spacial score (nSPS) is 23.5. The van der Waals surface area contributed by atoms with Crippen LogP contribution in [0.15, 0.2) is 91.6 Å². The molecule has 11 nitrogen and oxygen atoms in total. The van der Waals surface area contributed by atoms with Crippen molar-refractivity contribution in [2.75, 3.05) is 43.2 Å². The van der Waals surface area contributed by atoms with E-state index in [2.05, 4.69) is 49.0 Å². The van der Waals surface area contributed by atoms with E-state index in [0.717, 1.165) is 22.6 Å². The van der Waals surface area contributed by atoms with Crippen LogP contribution in [0.3, 0.4) is 0 Å². The van der Waals surface area contributed by atoms with Gasteiger partial charge < -0.3 is 24.2 Å². The molecule has 2 fully saturated rings. The molecule has 51 heavy (non-hydrogen) atoms. The number of hydrogen-bond acceptors (Lipinski definition) is 8. The van der Waals surface area contributed by atoms with Gasteiger partial charge in [-0.15, -0.1) is 11.7 Å². The van der Waals surface area contributed by atoms with E-state index in [-0.39, 0.29) is 36.0 Å². The van der Waals surface area contributed by atoms with Crippen molar-refractivity contribution >= 4 is 36.6 Å². The Hall–Kier alpha value is -4.78. The lowest BCUT2D eigenvalue weighted by Gasteiger charge is -2.37. The number of methoxy groups -OCH3 is 1. The molecule has 7 rings (SSSR count). The fourth-order valence-corrected chi connectivity index (χ4v) is 12.6. The van der Waals surface area contributed by atoms with E-state index in [1.54, 1.807) is 23.0 Å².